The molecule has 1 aromatic heterocycles. The minimum absolute atomic E-state index is 0.0396. The smallest absolute Gasteiger partial charge is 0.224 e. The number of fused-ring (bicyclic) bond motifs is 1. The summed E-state index contributed by atoms with van der Waals surface area (Å²) in [6.07, 6.45) is 0.905. The lowest BCUT2D eigenvalue weighted by Gasteiger charge is -2.05. The maximum absolute atomic E-state index is 12.1. The van der Waals surface area contributed by atoms with Crippen molar-refractivity contribution in [2.75, 3.05) is 5.32 Å². The Morgan fingerprint density at radius 2 is 2.09 bits per heavy atom. The number of aromatic nitrogens is 2. The van der Waals surface area contributed by atoms with E-state index in [1.54, 1.807) is 6.07 Å². The van der Waals surface area contributed by atoms with Gasteiger partial charge in [-0.25, -0.2) is 4.98 Å². The van der Waals surface area contributed by atoms with Crippen LogP contribution in [0, 0.1) is 6.92 Å². The minimum atomic E-state index is -0.0720. The average molecular weight is 309 g/mol. The zero-order valence-corrected chi connectivity index (χ0v) is 13.0. The fourth-order valence-corrected chi connectivity index (χ4v) is 2.55. The van der Waals surface area contributed by atoms with E-state index in [2.05, 4.69) is 15.3 Å². The van der Waals surface area contributed by atoms with Gasteiger partial charge >= 0.3 is 0 Å². The predicted octanol–water partition coefficient (Wildman–Crippen LogP) is 2.93. The molecule has 0 radical (unpaired) electrons. The Hall–Kier alpha value is -2.66. The molecule has 0 aliphatic carbocycles. The van der Waals surface area contributed by atoms with E-state index in [1.807, 2.05) is 43.3 Å². The van der Waals surface area contributed by atoms with Gasteiger partial charge in [0.15, 0.2) is 0 Å². The maximum Gasteiger partial charge on any atom is 0.224 e. The molecule has 0 bridgehead atoms. The zero-order valence-electron chi connectivity index (χ0n) is 13.0. The summed E-state index contributed by atoms with van der Waals surface area (Å²) < 4.78 is 0. The highest BCUT2D eigenvalue weighted by molar-refractivity contribution is 5.91. The number of benzene rings is 2. The topological polar surface area (TPSA) is 78.0 Å². The van der Waals surface area contributed by atoms with Crippen molar-refractivity contribution in [2.24, 2.45) is 0 Å². The third kappa shape index (κ3) is 3.57. The predicted molar refractivity (Wildman–Crippen MR) is 90.1 cm³/mol. The number of imidazole rings is 1. The molecule has 3 rings (SSSR count). The van der Waals surface area contributed by atoms with Gasteiger partial charge in [-0.05, 0) is 36.2 Å². The zero-order chi connectivity index (χ0) is 16.2. The highest BCUT2D eigenvalue weighted by atomic mass is 16.3. The lowest BCUT2D eigenvalue weighted by molar-refractivity contribution is -0.116. The van der Waals surface area contributed by atoms with E-state index < -0.39 is 0 Å². The Morgan fingerprint density at radius 3 is 2.87 bits per heavy atom. The van der Waals surface area contributed by atoms with E-state index in [1.165, 1.54) is 0 Å². The number of aromatic amines is 1. The van der Waals surface area contributed by atoms with Crippen molar-refractivity contribution in [1.29, 1.82) is 0 Å². The third-order valence-corrected chi connectivity index (χ3v) is 3.75. The van der Waals surface area contributed by atoms with Crippen LogP contribution in [0.4, 0.5) is 5.69 Å². The van der Waals surface area contributed by atoms with E-state index in [0.717, 1.165) is 28.0 Å². The molecule has 5 heteroatoms. The van der Waals surface area contributed by atoms with Gasteiger partial charge in [0.2, 0.25) is 5.91 Å². The summed E-state index contributed by atoms with van der Waals surface area (Å²) in [5, 5.41) is 12.0. The molecule has 0 aliphatic heterocycles. The van der Waals surface area contributed by atoms with Gasteiger partial charge in [-0.3, -0.25) is 4.79 Å². The number of nitrogens with one attached hydrogen (secondary N) is 2. The quantitative estimate of drug-likeness (QED) is 0.678. The van der Waals surface area contributed by atoms with Gasteiger partial charge < -0.3 is 15.4 Å². The van der Waals surface area contributed by atoms with Gasteiger partial charge in [-0.2, -0.15) is 0 Å². The first kappa shape index (κ1) is 15.2. The number of rotatable bonds is 5. The van der Waals surface area contributed by atoms with Crippen molar-refractivity contribution in [2.45, 2.75) is 26.4 Å². The van der Waals surface area contributed by atoms with Crippen LogP contribution in [0.15, 0.2) is 42.5 Å². The van der Waals surface area contributed by atoms with Crippen LogP contribution in [0.5, 0.6) is 0 Å². The van der Waals surface area contributed by atoms with Crippen LogP contribution in [0.25, 0.3) is 11.0 Å². The van der Waals surface area contributed by atoms with Crippen LogP contribution >= 0.6 is 0 Å². The monoisotopic (exact) mass is 309 g/mol. The summed E-state index contributed by atoms with van der Waals surface area (Å²) in [5.74, 6) is 0.742. The van der Waals surface area contributed by atoms with E-state index in [9.17, 15) is 4.79 Å². The number of aryl methyl sites for hydroxylation is 2. The normalized spacial score (nSPS) is 10.9. The molecule has 0 saturated carbocycles. The Bertz CT molecular complexity index is 839. The number of nitrogens with zero attached hydrogens (tertiary/aromatic N) is 1. The van der Waals surface area contributed by atoms with E-state index in [0.29, 0.717) is 18.5 Å². The molecule has 0 aliphatic rings. The van der Waals surface area contributed by atoms with Crippen molar-refractivity contribution in [3.63, 3.8) is 0 Å². The van der Waals surface area contributed by atoms with Gasteiger partial charge in [-0.1, -0.05) is 24.3 Å². The van der Waals surface area contributed by atoms with Gasteiger partial charge in [0, 0.05) is 18.5 Å². The van der Waals surface area contributed by atoms with Crippen LogP contribution in [0.2, 0.25) is 0 Å². The third-order valence-electron chi connectivity index (χ3n) is 3.75. The Kier molecular flexibility index (Phi) is 4.39. The molecule has 0 saturated heterocycles. The second-order valence-electron chi connectivity index (χ2n) is 5.56. The highest BCUT2D eigenvalue weighted by Crippen LogP contribution is 2.16. The molecule has 1 amide bonds. The van der Waals surface area contributed by atoms with Crippen LogP contribution in [-0.2, 0) is 17.8 Å². The Labute approximate surface area is 134 Å². The van der Waals surface area contributed by atoms with Crippen LogP contribution in [0.3, 0.4) is 0 Å². The molecule has 3 aromatic rings. The summed E-state index contributed by atoms with van der Waals surface area (Å²) in [6, 6.07) is 13.2. The first-order valence-electron chi connectivity index (χ1n) is 7.59. The summed E-state index contributed by atoms with van der Waals surface area (Å²) >= 11 is 0. The molecule has 118 valence electrons. The van der Waals surface area contributed by atoms with Crippen molar-refractivity contribution in [1.82, 2.24) is 9.97 Å². The molecule has 23 heavy (non-hydrogen) atoms. The summed E-state index contributed by atoms with van der Waals surface area (Å²) in [4.78, 5) is 19.9. The van der Waals surface area contributed by atoms with Gasteiger partial charge in [0.25, 0.3) is 0 Å². The lowest BCUT2D eigenvalue weighted by Crippen LogP contribution is -2.12. The van der Waals surface area contributed by atoms with Crippen molar-refractivity contribution in [3.05, 3.63) is 59.4 Å². The Balaban J connectivity index is 1.62. The van der Waals surface area contributed by atoms with Crippen molar-refractivity contribution >= 4 is 22.6 Å². The number of aliphatic hydroxyl groups is 1. The molecule has 3 N–H and O–H groups in total. The molecule has 0 unspecified atom stereocenters. The van der Waals surface area contributed by atoms with E-state index in [4.69, 9.17) is 5.11 Å². The summed E-state index contributed by atoms with van der Waals surface area (Å²) in [5.41, 5.74) is 4.54. The number of anilines is 1. The average Bonchev–Trinajstić information content (AvgIpc) is 2.98. The number of para-hydroxylation sites is 1. The molecule has 0 atom stereocenters. The Morgan fingerprint density at radius 1 is 1.26 bits per heavy atom. The van der Waals surface area contributed by atoms with Crippen LogP contribution < -0.4 is 5.32 Å². The second kappa shape index (κ2) is 6.62. The maximum atomic E-state index is 12.1. The second-order valence-corrected chi connectivity index (χ2v) is 5.56. The molecule has 0 fully saturated rings. The fourth-order valence-electron chi connectivity index (χ4n) is 2.55. The van der Waals surface area contributed by atoms with Crippen molar-refractivity contribution < 1.29 is 9.90 Å². The standard InChI is InChI=1S/C18H19N3O2/c1-12-4-2-7-15-18(12)21-16(20-15)8-9-17(23)19-14-6-3-5-13(10-14)11-22/h2-7,10,22H,8-9,11H2,1H3,(H,19,23)(H,20,21). The summed E-state index contributed by atoms with van der Waals surface area (Å²) in [6.45, 7) is 1.98. The first-order valence-corrected chi connectivity index (χ1v) is 7.59. The number of hydrogen-bond donors (Lipinski definition) is 3. The van der Waals surface area contributed by atoms with Crippen molar-refractivity contribution in [3.8, 4) is 0 Å². The molecule has 5 nitrogen and oxygen atoms in total. The number of carbonyl (C=O) groups is 1. The SMILES string of the molecule is Cc1cccc2[nH]c(CCC(=O)Nc3cccc(CO)c3)nc12. The molecule has 1 heterocycles. The molecule has 0 spiro atoms. The number of amides is 1. The van der Waals surface area contributed by atoms with E-state index in [-0.39, 0.29) is 12.5 Å². The van der Waals surface area contributed by atoms with E-state index >= 15 is 0 Å². The van der Waals surface area contributed by atoms with Gasteiger partial charge in [0.1, 0.15) is 5.82 Å². The number of aliphatic hydroxyl groups excluding tert-OH is 1. The highest BCUT2D eigenvalue weighted by Gasteiger charge is 2.08. The lowest BCUT2D eigenvalue weighted by atomic mass is 10.2. The molecule has 2 aromatic carbocycles. The number of H-pyrrole nitrogens is 1. The van der Waals surface area contributed by atoms with Gasteiger partial charge in [0.05, 0.1) is 17.6 Å². The minimum Gasteiger partial charge on any atom is -0.392 e. The molecular formula is C18H19N3O2. The fraction of sp³-hybridized carbons (Fsp3) is 0.222. The summed E-state index contributed by atoms with van der Waals surface area (Å²) in [7, 11) is 0. The number of carbonyl (C=O) groups excluding carboxylic acids is 1. The van der Waals surface area contributed by atoms with Crippen LogP contribution in [0.1, 0.15) is 23.4 Å². The largest absolute Gasteiger partial charge is 0.392 e. The molecular weight excluding hydrogens is 290 g/mol. The van der Waals surface area contributed by atoms with Crippen LogP contribution in [-0.4, -0.2) is 21.0 Å². The first-order chi connectivity index (χ1) is 11.2. The van der Waals surface area contributed by atoms with Gasteiger partial charge in [-0.15, -0.1) is 0 Å². The number of hydrogen-bond acceptors (Lipinski definition) is 3.